The van der Waals surface area contributed by atoms with Crippen LogP contribution in [0.5, 0.6) is 0 Å². The minimum Gasteiger partial charge on any atom is -0.481 e. The minimum absolute atomic E-state index is 0.00250. The highest BCUT2D eigenvalue weighted by atomic mass is 16.5. The molecule has 2 N–H and O–H groups in total. The van der Waals surface area contributed by atoms with Crippen LogP contribution in [0.1, 0.15) is 49.1 Å². The second-order valence-corrected chi connectivity index (χ2v) is 10.2. The fourth-order valence-corrected chi connectivity index (χ4v) is 6.35. The van der Waals surface area contributed by atoms with Gasteiger partial charge in [-0.2, -0.15) is 0 Å². The summed E-state index contributed by atoms with van der Waals surface area (Å²) in [5.41, 5.74) is 4.05. The molecule has 0 unspecified atom stereocenters. The van der Waals surface area contributed by atoms with Crippen molar-refractivity contribution in [1.29, 1.82) is 0 Å². The van der Waals surface area contributed by atoms with Crippen LogP contribution >= 0.6 is 0 Å². The topological polar surface area (TPSA) is 95.9 Å². The molecule has 3 atom stereocenters. The van der Waals surface area contributed by atoms with Crippen LogP contribution in [0.3, 0.4) is 0 Å². The van der Waals surface area contributed by atoms with Crippen molar-refractivity contribution in [3.8, 4) is 11.1 Å². The maximum atomic E-state index is 13.4. The second kappa shape index (κ2) is 7.86. The average molecular weight is 461 g/mol. The Morgan fingerprint density at radius 1 is 1.00 bits per heavy atom. The molecule has 7 heteroatoms. The average Bonchev–Trinajstić information content (AvgIpc) is 3.27. The zero-order chi connectivity index (χ0) is 23.4. The molecule has 3 fully saturated rings. The number of hydrogen-bond donors (Lipinski definition) is 2. The Labute approximate surface area is 198 Å². The molecule has 7 nitrogen and oxygen atoms in total. The van der Waals surface area contributed by atoms with Crippen molar-refractivity contribution in [1.82, 2.24) is 10.2 Å². The molecular formula is C27H28N2O5. The molecule has 1 saturated carbocycles. The number of alkyl carbamates (subject to hydrolysis) is 1. The first-order chi connectivity index (χ1) is 16.5. The van der Waals surface area contributed by atoms with E-state index in [-0.39, 0.29) is 37.1 Å². The minimum atomic E-state index is -0.813. The van der Waals surface area contributed by atoms with Crippen molar-refractivity contribution in [2.24, 2.45) is 11.3 Å². The molecule has 2 bridgehead atoms. The molecule has 6 rings (SSSR count). The molecule has 2 aromatic rings. The number of amides is 2. The third-order valence-corrected chi connectivity index (χ3v) is 8.31. The van der Waals surface area contributed by atoms with Crippen LogP contribution in [0, 0.1) is 11.3 Å². The number of carbonyl (C=O) groups is 3. The number of carbonyl (C=O) groups excluding carboxylic acids is 2. The van der Waals surface area contributed by atoms with Crippen molar-refractivity contribution < 1.29 is 24.2 Å². The van der Waals surface area contributed by atoms with Crippen LogP contribution in [0.4, 0.5) is 4.79 Å². The summed E-state index contributed by atoms with van der Waals surface area (Å²) in [6, 6.07) is 16.2. The first-order valence-electron chi connectivity index (χ1n) is 12.1. The van der Waals surface area contributed by atoms with E-state index in [2.05, 4.69) is 29.6 Å². The smallest absolute Gasteiger partial charge is 0.407 e. The molecule has 2 aliphatic heterocycles. The van der Waals surface area contributed by atoms with Gasteiger partial charge in [-0.25, -0.2) is 4.79 Å². The second-order valence-electron chi connectivity index (χ2n) is 10.2. The lowest BCUT2D eigenvalue weighted by Crippen LogP contribution is -2.46. The Hall–Kier alpha value is -3.35. The van der Waals surface area contributed by atoms with E-state index in [1.54, 1.807) is 0 Å². The maximum absolute atomic E-state index is 13.4. The zero-order valence-corrected chi connectivity index (χ0v) is 18.9. The summed E-state index contributed by atoms with van der Waals surface area (Å²) in [6.45, 7) is 0.466. The number of ether oxygens (including phenoxy) is 1. The molecule has 176 valence electrons. The lowest BCUT2D eigenvalue weighted by molar-refractivity contribution is -0.144. The van der Waals surface area contributed by atoms with E-state index < -0.39 is 23.4 Å². The highest BCUT2D eigenvalue weighted by Gasteiger charge is 2.59. The number of fused-ring (bicyclic) bond motifs is 5. The van der Waals surface area contributed by atoms with Crippen molar-refractivity contribution >= 4 is 18.0 Å². The van der Waals surface area contributed by atoms with Gasteiger partial charge in [-0.15, -0.1) is 0 Å². The molecule has 2 amide bonds. The highest BCUT2D eigenvalue weighted by molar-refractivity contribution is 5.88. The van der Waals surface area contributed by atoms with E-state index >= 15 is 0 Å². The molecule has 2 saturated heterocycles. The van der Waals surface area contributed by atoms with Crippen LogP contribution in [0.25, 0.3) is 11.1 Å². The standard InChI is InChI=1S/C27H28N2O5/c30-24(31)21-13-16-9-10-23(21)29(16)25(32)27(11-12-27)15-28-26(33)34-14-22-19-7-3-1-5-17(19)18-6-2-4-8-20(18)22/h1-8,16,21-23H,9-15H2,(H,28,33)(H,30,31)/t16-,21+,23+/m0/s1. The van der Waals surface area contributed by atoms with E-state index in [0.29, 0.717) is 19.3 Å². The van der Waals surface area contributed by atoms with Crippen molar-refractivity contribution in [2.75, 3.05) is 13.2 Å². The number of hydrogen-bond acceptors (Lipinski definition) is 4. The monoisotopic (exact) mass is 460 g/mol. The van der Waals surface area contributed by atoms with Crippen LogP contribution in [0.15, 0.2) is 48.5 Å². The summed E-state index contributed by atoms with van der Waals surface area (Å²) in [7, 11) is 0. The molecule has 0 radical (unpaired) electrons. The third-order valence-electron chi connectivity index (χ3n) is 8.31. The van der Waals surface area contributed by atoms with Gasteiger partial charge in [0.2, 0.25) is 5.91 Å². The number of carboxylic acid groups (broad SMARTS) is 1. The van der Waals surface area contributed by atoms with E-state index in [1.165, 1.54) is 11.1 Å². The summed E-state index contributed by atoms with van der Waals surface area (Å²) >= 11 is 0. The largest absolute Gasteiger partial charge is 0.481 e. The van der Waals surface area contributed by atoms with Gasteiger partial charge in [-0.1, -0.05) is 48.5 Å². The van der Waals surface area contributed by atoms with Gasteiger partial charge in [-0.3, -0.25) is 9.59 Å². The van der Waals surface area contributed by atoms with Gasteiger partial charge in [-0.05, 0) is 54.4 Å². The van der Waals surface area contributed by atoms with Gasteiger partial charge in [0.25, 0.3) is 0 Å². The lowest BCUT2D eigenvalue weighted by Gasteiger charge is -2.28. The molecule has 2 aromatic carbocycles. The first-order valence-corrected chi connectivity index (χ1v) is 12.1. The molecule has 4 aliphatic rings. The van der Waals surface area contributed by atoms with Gasteiger partial charge in [0.05, 0.1) is 11.3 Å². The predicted molar refractivity (Wildman–Crippen MR) is 124 cm³/mol. The van der Waals surface area contributed by atoms with Crippen LogP contribution in [-0.2, 0) is 14.3 Å². The number of rotatable bonds is 6. The number of nitrogens with one attached hydrogen (secondary N) is 1. The Bertz CT molecular complexity index is 1130. The number of nitrogens with zero attached hydrogens (tertiary/aromatic N) is 1. The van der Waals surface area contributed by atoms with Crippen molar-refractivity contribution in [3.63, 3.8) is 0 Å². The third kappa shape index (κ3) is 3.29. The summed E-state index contributed by atoms with van der Waals surface area (Å²) in [5, 5.41) is 12.3. The van der Waals surface area contributed by atoms with Crippen molar-refractivity contribution in [2.45, 2.75) is 50.1 Å². The van der Waals surface area contributed by atoms with Crippen LogP contribution in [-0.4, -0.2) is 53.2 Å². The van der Waals surface area contributed by atoms with Gasteiger partial charge >= 0.3 is 12.1 Å². The Morgan fingerprint density at radius 3 is 2.24 bits per heavy atom. The number of carboxylic acids is 1. The molecule has 0 spiro atoms. The SMILES string of the molecule is O=C(NCC1(C(=O)N2[C@H]3CC[C@@H]2[C@H](C(=O)O)C3)CC1)OCC1c2ccccc2-c2ccccc21. The Balaban J connectivity index is 1.08. The molecular weight excluding hydrogens is 432 g/mol. The fourth-order valence-electron chi connectivity index (χ4n) is 6.35. The van der Waals surface area contributed by atoms with E-state index in [1.807, 2.05) is 29.2 Å². The quantitative estimate of drug-likeness (QED) is 0.684. The fraction of sp³-hybridized carbons (Fsp3) is 0.444. The highest BCUT2D eigenvalue weighted by Crippen LogP contribution is 2.52. The Kier molecular flexibility index (Phi) is 4.90. The van der Waals surface area contributed by atoms with Gasteiger partial charge < -0.3 is 20.1 Å². The summed E-state index contributed by atoms with van der Waals surface area (Å²) in [4.78, 5) is 39.3. The molecule has 2 aliphatic carbocycles. The van der Waals surface area contributed by atoms with E-state index in [4.69, 9.17) is 4.74 Å². The summed E-state index contributed by atoms with van der Waals surface area (Å²) < 4.78 is 5.62. The van der Waals surface area contributed by atoms with Crippen LogP contribution < -0.4 is 5.32 Å². The summed E-state index contributed by atoms with van der Waals surface area (Å²) in [5.74, 6) is -1.29. The van der Waals surface area contributed by atoms with E-state index in [9.17, 15) is 19.5 Å². The van der Waals surface area contributed by atoms with E-state index in [0.717, 1.165) is 24.0 Å². The predicted octanol–water partition coefficient (Wildman–Crippen LogP) is 3.77. The molecule has 0 aromatic heterocycles. The Morgan fingerprint density at radius 2 is 1.65 bits per heavy atom. The van der Waals surface area contributed by atoms with Crippen molar-refractivity contribution in [3.05, 3.63) is 59.7 Å². The van der Waals surface area contributed by atoms with Gasteiger partial charge in [0.1, 0.15) is 6.61 Å². The summed E-state index contributed by atoms with van der Waals surface area (Å²) in [6.07, 6.45) is 3.07. The normalized spacial score (nSPS) is 25.5. The van der Waals surface area contributed by atoms with Gasteiger partial charge in [0.15, 0.2) is 0 Å². The molecule has 34 heavy (non-hydrogen) atoms. The number of benzene rings is 2. The molecule has 2 heterocycles. The van der Waals surface area contributed by atoms with Gasteiger partial charge in [0, 0.05) is 24.5 Å². The number of aliphatic carboxylic acids is 1. The maximum Gasteiger partial charge on any atom is 0.407 e. The lowest BCUT2D eigenvalue weighted by atomic mass is 9.89. The zero-order valence-electron chi connectivity index (χ0n) is 18.9. The van der Waals surface area contributed by atoms with Crippen LogP contribution in [0.2, 0.25) is 0 Å². The first kappa shape index (κ1) is 21.2.